The van der Waals surface area contributed by atoms with Gasteiger partial charge < -0.3 is 4.90 Å². The van der Waals surface area contributed by atoms with E-state index in [4.69, 9.17) is 5.21 Å². The topological polar surface area (TPSA) is 72.9 Å². The molecule has 1 aromatic rings. The van der Waals surface area contributed by atoms with Crippen LogP contribution in [0.25, 0.3) is 0 Å². The average molecular weight is 277 g/mol. The van der Waals surface area contributed by atoms with Crippen molar-refractivity contribution in [2.45, 2.75) is 13.0 Å². The van der Waals surface area contributed by atoms with E-state index < -0.39 is 5.91 Å². The molecule has 2 amide bonds. The van der Waals surface area contributed by atoms with Crippen LogP contribution < -0.4 is 5.48 Å². The fraction of sp³-hybridized carbons (Fsp3) is 0.429. The van der Waals surface area contributed by atoms with Crippen LogP contribution >= 0.6 is 0 Å². The second-order valence-corrected chi connectivity index (χ2v) is 4.85. The molecule has 0 bridgehead atoms. The molecule has 1 aliphatic rings. The Labute approximate surface area is 117 Å². The third-order valence-corrected chi connectivity index (χ3v) is 3.41. The van der Waals surface area contributed by atoms with E-state index in [2.05, 4.69) is 17.0 Å². The molecule has 0 aliphatic carbocycles. The maximum absolute atomic E-state index is 11.8. The zero-order valence-electron chi connectivity index (χ0n) is 11.3. The summed E-state index contributed by atoms with van der Waals surface area (Å²) >= 11 is 0. The summed E-state index contributed by atoms with van der Waals surface area (Å²) in [4.78, 5) is 26.7. The molecule has 1 saturated heterocycles. The smallest absolute Gasteiger partial charge is 0.252 e. The molecule has 6 nitrogen and oxygen atoms in total. The second kappa shape index (κ2) is 7.02. The van der Waals surface area contributed by atoms with Crippen molar-refractivity contribution in [3.05, 3.63) is 35.9 Å². The number of benzene rings is 1. The minimum Gasteiger partial charge on any atom is -0.340 e. The predicted octanol–water partition coefficient (Wildman–Crippen LogP) is 0.226. The molecule has 2 rings (SSSR count). The molecule has 1 aromatic carbocycles. The third-order valence-electron chi connectivity index (χ3n) is 3.41. The summed E-state index contributed by atoms with van der Waals surface area (Å²) in [7, 11) is 0. The van der Waals surface area contributed by atoms with E-state index in [1.165, 1.54) is 11.0 Å². The molecule has 0 aromatic heterocycles. The summed E-state index contributed by atoms with van der Waals surface area (Å²) in [5.74, 6) is -0.905. The van der Waals surface area contributed by atoms with Crippen LogP contribution in [0.2, 0.25) is 0 Å². The SMILES string of the molecule is O=C(CC(=O)N1CCN(Cc2ccccc2)CC1)NO. The standard InChI is InChI=1S/C14H19N3O3/c18-13(15-20)10-14(19)17-8-6-16(7-9-17)11-12-4-2-1-3-5-12/h1-5,20H,6-11H2,(H,15,18). The lowest BCUT2D eigenvalue weighted by Gasteiger charge is -2.34. The van der Waals surface area contributed by atoms with Gasteiger partial charge in [0.25, 0.3) is 5.91 Å². The number of hydrogen-bond acceptors (Lipinski definition) is 4. The van der Waals surface area contributed by atoms with Gasteiger partial charge in [0.2, 0.25) is 5.91 Å². The first-order chi connectivity index (χ1) is 9.69. The van der Waals surface area contributed by atoms with Crippen LogP contribution in [0.15, 0.2) is 30.3 Å². The first-order valence-corrected chi connectivity index (χ1v) is 6.66. The number of amides is 2. The monoisotopic (exact) mass is 277 g/mol. The van der Waals surface area contributed by atoms with Crippen LogP contribution in [-0.2, 0) is 16.1 Å². The van der Waals surface area contributed by atoms with Gasteiger partial charge in [-0.25, -0.2) is 5.48 Å². The van der Waals surface area contributed by atoms with E-state index in [-0.39, 0.29) is 12.3 Å². The molecule has 0 spiro atoms. The Morgan fingerprint density at radius 2 is 1.75 bits per heavy atom. The van der Waals surface area contributed by atoms with Crippen molar-refractivity contribution in [1.82, 2.24) is 15.3 Å². The number of hydroxylamine groups is 1. The van der Waals surface area contributed by atoms with Crippen LogP contribution in [0.3, 0.4) is 0 Å². The van der Waals surface area contributed by atoms with Gasteiger partial charge in [0.15, 0.2) is 0 Å². The number of nitrogens with one attached hydrogen (secondary N) is 1. The van der Waals surface area contributed by atoms with Gasteiger partial charge in [0.05, 0.1) is 0 Å². The molecule has 1 fully saturated rings. The number of piperazine rings is 1. The van der Waals surface area contributed by atoms with Crippen LogP contribution in [-0.4, -0.2) is 53.0 Å². The Kier molecular flexibility index (Phi) is 5.09. The minimum atomic E-state index is -0.665. The predicted molar refractivity (Wildman–Crippen MR) is 72.8 cm³/mol. The van der Waals surface area contributed by atoms with Crippen molar-refractivity contribution in [3.63, 3.8) is 0 Å². The molecule has 20 heavy (non-hydrogen) atoms. The second-order valence-electron chi connectivity index (χ2n) is 4.85. The van der Waals surface area contributed by atoms with Crippen molar-refractivity contribution < 1.29 is 14.8 Å². The molecule has 6 heteroatoms. The molecule has 1 aliphatic heterocycles. The van der Waals surface area contributed by atoms with Crippen molar-refractivity contribution >= 4 is 11.8 Å². The lowest BCUT2D eigenvalue weighted by molar-refractivity contribution is -0.140. The fourth-order valence-electron chi connectivity index (χ4n) is 2.29. The Morgan fingerprint density at radius 1 is 1.10 bits per heavy atom. The van der Waals surface area contributed by atoms with Gasteiger partial charge in [0.1, 0.15) is 6.42 Å². The summed E-state index contributed by atoms with van der Waals surface area (Å²) in [5.41, 5.74) is 2.74. The molecular formula is C14H19N3O3. The molecular weight excluding hydrogens is 258 g/mol. The van der Waals surface area contributed by atoms with Gasteiger partial charge in [-0.15, -0.1) is 0 Å². The van der Waals surface area contributed by atoms with Crippen molar-refractivity contribution in [1.29, 1.82) is 0 Å². The van der Waals surface area contributed by atoms with Gasteiger partial charge in [-0.3, -0.25) is 19.7 Å². The van der Waals surface area contributed by atoms with Crippen LogP contribution in [0.5, 0.6) is 0 Å². The Bertz CT molecular complexity index is 456. The van der Waals surface area contributed by atoms with Gasteiger partial charge in [-0.05, 0) is 5.56 Å². The first kappa shape index (κ1) is 14.5. The molecule has 2 N–H and O–H groups in total. The van der Waals surface area contributed by atoms with E-state index in [0.29, 0.717) is 13.1 Å². The number of rotatable bonds is 4. The summed E-state index contributed by atoms with van der Waals surface area (Å²) in [6.45, 7) is 3.69. The van der Waals surface area contributed by atoms with Crippen molar-refractivity contribution in [2.75, 3.05) is 26.2 Å². The van der Waals surface area contributed by atoms with E-state index in [1.54, 1.807) is 4.90 Å². The van der Waals surface area contributed by atoms with Gasteiger partial charge in [0, 0.05) is 32.7 Å². The average Bonchev–Trinajstić information content (AvgIpc) is 2.49. The fourth-order valence-corrected chi connectivity index (χ4v) is 2.29. The molecule has 0 atom stereocenters. The quantitative estimate of drug-likeness (QED) is 0.469. The van der Waals surface area contributed by atoms with Crippen LogP contribution in [0.1, 0.15) is 12.0 Å². The van der Waals surface area contributed by atoms with Crippen molar-refractivity contribution in [3.8, 4) is 0 Å². The van der Waals surface area contributed by atoms with Gasteiger partial charge in [-0.2, -0.15) is 0 Å². The van der Waals surface area contributed by atoms with Crippen LogP contribution in [0.4, 0.5) is 0 Å². The zero-order chi connectivity index (χ0) is 14.4. The lowest BCUT2D eigenvalue weighted by atomic mass is 10.2. The Morgan fingerprint density at radius 3 is 2.35 bits per heavy atom. The number of carbonyl (C=O) groups is 2. The summed E-state index contributed by atoms with van der Waals surface area (Å²) < 4.78 is 0. The van der Waals surface area contributed by atoms with E-state index in [0.717, 1.165) is 19.6 Å². The zero-order valence-corrected chi connectivity index (χ0v) is 11.3. The largest absolute Gasteiger partial charge is 0.340 e. The minimum absolute atomic E-state index is 0.240. The highest BCUT2D eigenvalue weighted by molar-refractivity contribution is 5.96. The highest BCUT2D eigenvalue weighted by atomic mass is 16.5. The third kappa shape index (κ3) is 4.04. The normalized spacial score (nSPS) is 15.9. The summed E-state index contributed by atoms with van der Waals surface area (Å²) in [6.07, 6.45) is -0.296. The molecule has 0 radical (unpaired) electrons. The highest BCUT2D eigenvalue weighted by Gasteiger charge is 2.22. The highest BCUT2D eigenvalue weighted by Crippen LogP contribution is 2.09. The number of nitrogens with zero attached hydrogens (tertiary/aromatic N) is 2. The molecule has 108 valence electrons. The molecule has 1 heterocycles. The molecule has 0 unspecified atom stereocenters. The summed E-state index contributed by atoms with van der Waals surface area (Å²) in [5, 5.41) is 8.41. The number of hydrogen-bond donors (Lipinski definition) is 2. The molecule has 0 saturated carbocycles. The van der Waals surface area contributed by atoms with Gasteiger partial charge in [-0.1, -0.05) is 30.3 Å². The Balaban J connectivity index is 1.77. The maximum atomic E-state index is 11.8. The van der Waals surface area contributed by atoms with E-state index in [9.17, 15) is 9.59 Å². The Hall–Kier alpha value is -1.92. The van der Waals surface area contributed by atoms with E-state index >= 15 is 0 Å². The maximum Gasteiger partial charge on any atom is 0.252 e. The summed E-state index contributed by atoms with van der Waals surface area (Å²) in [6, 6.07) is 10.2. The van der Waals surface area contributed by atoms with E-state index in [1.807, 2.05) is 18.2 Å². The number of carbonyl (C=O) groups excluding carboxylic acids is 2. The van der Waals surface area contributed by atoms with Crippen molar-refractivity contribution in [2.24, 2.45) is 0 Å². The lowest BCUT2D eigenvalue weighted by Crippen LogP contribution is -2.49. The first-order valence-electron chi connectivity index (χ1n) is 6.66. The van der Waals surface area contributed by atoms with Gasteiger partial charge >= 0.3 is 0 Å². The van der Waals surface area contributed by atoms with Crippen LogP contribution in [0, 0.1) is 0 Å².